The van der Waals surface area contributed by atoms with Gasteiger partial charge in [0.2, 0.25) is 0 Å². The van der Waals surface area contributed by atoms with E-state index in [-0.39, 0.29) is 17.1 Å². The molecule has 0 bridgehead atoms. The number of rotatable bonds is 6. The second-order valence-corrected chi connectivity index (χ2v) is 9.02. The molecule has 0 saturated carbocycles. The lowest BCUT2D eigenvalue weighted by Crippen LogP contribution is -2.30. The van der Waals surface area contributed by atoms with Gasteiger partial charge >= 0.3 is 0 Å². The number of benzene rings is 3. The summed E-state index contributed by atoms with van der Waals surface area (Å²) in [6.45, 7) is 0.681. The summed E-state index contributed by atoms with van der Waals surface area (Å²) in [7, 11) is -4.02. The van der Waals surface area contributed by atoms with Crippen LogP contribution in [0.4, 0.5) is 11.4 Å². The maximum Gasteiger partial charge on any atom is 0.269 e. The van der Waals surface area contributed by atoms with E-state index in [0.29, 0.717) is 41.0 Å². The summed E-state index contributed by atoms with van der Waals surface area (Å²) >= 11 is 6.11. The summed E-state index contributed by atoms with van der Waals surface area (Å²) in [4.78, 5) is 10.4. The topological polar surface area (TPSA) is 99.0 Å². The Bertz CT molecular complexity index is 1230. The number of anilines is 1. The van der Waals surface area contributed by atoms with Crippen LogP contribution in [0.5, 0.6) is 11.5 Å². The van der Waals surface area contributed by atoms with Gasteiger partial charge in [0.15, 0.2) is 11.5 Å². The molecule has 1 aliphatic heterocycles. The Labute approximate surface area is 183 Å². The van der Waals surface area contributed by atoms with Gasteiger partial charge in [-0.15, -0.1) is 0 Å². The smallest absolute Gasteiger partial charge is 0.269 e. The summed E-state index contributed by atoms with van der Waals surface area (Å²) in [5, 5.41) is 11.3. The van der Waals surface area contributed by atoms with Gasteiger partial charge in [0, 0.05) is 23.2 Å². The van der Waals surface area contributed by atoms with Crippen LogP contribution in [0, 0.1) is 10.1 Å². The molecule has 8 nitrogen and oxygen atoms in total. The summed E-state index contributed by atoms with van der Waals surface area (Å²) in [5.74, 6) is 0.837. The summed E-state index contributed by atoms with van der Waals surface area (Å²) < 4.78 is 39.4. The fourth-order valence-corrected chi connectivity index (χ4v) is 4.79. The molecule has 31 heavy (non-hydrogen) atoms. The average Bonchev–Trinajstić information content (AvgIpc) is 2.77. The molecular formula is C21H17ClN2O6S. The molecule has 10 heteroatoms. The van der Waals surface area contributed by atoms with Crippen molar-refractivity contribution in [2.45, 2.75) is 11.4 Å². The molecule has 160 valence electrons. The van der Waals surface area contributed by atoms with E-state index in [1.807, 2.05) is 0 Å². The van der Waals surface area contributed by atoms with Crippen LogP contribution >= 0.6 is 11.6 Å². The largest absolute Gasteiger partial charge is 0.486 e. The van der Waals surface area contributed by atoms with Crippen LogP contribution < -0.4 is 13.8 Å². The number of non-ortho nitro benzene ring substituents is 1. The number of fused-ring (bicyclic) bond motifs is 1. The number of nitro groups is 1. The van der Waals surface area contributed by atoms with Crippen LogP contribution in [0.1, 0.15) is 5.56 Å². The third kappa shape index (κ3) is 4.42. The number of sulfonamides is 1. The maximum absolute atomic E-state index is 13.6. The molecule has 3 aromatic rings. The van der Waals surface area contributed by atoms with Crippen molar-refractivity contribution >= 4 is 33.0 Å². The van der Waals surface area contributed by atoms with Crippen LogP contribution in [-0.2, 0) is 16.6 Å². The van der Waals surface area contributed by atoms with Crippen molar-refractivity contribution in [3.05, 3.63) is 87.4 Å². The summed E-state index contributed by atoms with van der Waals surface area (Å²) in [6.07, 6.45) is 0. The van der Waals surface area contributed by atoms with Gasteiger partial charge in [-0.3, -0.25) is 14.4 Å². The molecule has 0 unspecified atom stereocenters. The Morgan fingerprint density at radius 3 is 2.35 bits per heavy atom. The minimum atomic E-state index is -4.02. The van der Waals surface area contributed by atoms with Crippen molar-refractivity contribution in [1.82, 2.24) is 0 Å². The Hall–Kier alpha value is -3.30. The lowest BCUT2D eigenvalue weighted by atomic mass is 10.2. The van der Waals surface area contributed by atoms with Gasteiger partial charge in [0.1, 0.15) is 13.2 Å². The van der Waals surface area contributed by atoms with Crippen molar-refractivity contribution in [3.63, 3.8) is 0 Å². The van der Waals surface area contributed by atoms with Gasteiger partial charge < -0.3 is 9.47 Å². The van der Waals surface area contributed by atoms with Crippen LogP contribution in [0.25, 0.3) is 0 Å². The quantitative estimate of drug-likeness (QED) is 0.399. The monoisotopic (exact) mass is 460 g/mol. The number of hydrogen-bond donors (Lipinski definition) is 0. The van der Waals surface area contributed by atoms with E-state index in [1.54, 1.807) is 30.3 Å². The van der Waals surface area contributed by atoms with E-state index < -0.39 is 14.9 Å². The molecule has 1 heterocycles. The normalized spacial score (nSPS) is 12.9. The molecular weight excluding hydrogens is 444 g/mol. The van der Waals surface area contributed by atoms with Crippen molar-refractivity contribution in [2.24, 2.45) is 0 Å². The highest BCUT2D eigenvalue weighted by molar-refractivity contribution is 7.92. The molecule has 0 amide bonds. The zero-order chi connectivity index (χ0) is 22.0. The maximum atomic E-state index is 13.6. The number of nitro benzene ring substituents is 1. The standard InChI is InChI=1S/C21H17ClN2O6S/c22-16-2-1-3-18(12-16)23(14-15-4-6-17(7-5-15)24(25)26)31(27,28)19-8-9-20-21(13-19)30-11-10-29-20/h1-9,12-13H,10-11,14H2. The van der Waals surface area contributed by atoms with Gasteiger partial charge in [0.05, 0.1) is 22.1 Å². The van der Waals surface area contributed by atoms with Crippen LogP contribution in [0.15, 0.2) is 71.6 Å². The minimum Gasteiger partial charge on any atom is -0.486 e. The first kappa shape index (κ1) is 21.0. The second kappa shape index (κ2) is 8.44. The Kier molecular flexibility index (Phi) is 5.71. The lowest BCUT2D eigenvalue weighted by Gasteiger charge is -2.26. The average molecular weight is 461 g/mol. The number of nitrogens with zero attached hydrogens (tertiary/aromatic N) is 2. The minimum absolute atomic E-state index is 0.0265. The zero-order valence-corrected chi connectivity index (χ0v) is 17.7. The van der Waals surface area contributed by atoms with Crippen molar-refractivity contribution in [3.8, 4) is 11.5 Å². The fourth-order valence-electron chi connectivity index (χ4n) is 3.15. The molecule has 0 atom stereocenters. The molecule has 3 aromatic carbocycles. The number of ether oxygens (including phenoxy) is 2. The highest BCUT2D eigenvalue weighted by atomic mass is 35.5. The molecule has 0 aromatic heterocycles. The first-order valence-electron chi connectivity index (χ1n) is 9.26. The molecule has 0 spiro atoms. The molecule has 0 radical (unpaired) electrons. The first-order chi connectivity index (χ1) is 14.8. The van der Waals surface area contributed by atoms with E-state index in [0.717, 1.165) is 0 Å². The van der Waals surface area contributed by atoms with Gasteiger partial charge in [-0.1, -0.05) is 29.8 Å². The van der Waals surface area contributed by atoms with Crippen molar-refractivity contribution in [1.29, 1.82) is 0 Å². The van der Waals surface area contributed by atoms with Crippen LogP contribution in [0.2, 0.25) is 5.02 Å². The molecule has 0 aliphatic carbocycles. The van der Waals surface area contributed by atoms with E-state index in [2.05, 4.69) is 0 Å². The Balaban J connectivity index is 1.75. The van der Waals surface area contributed by atoms with E-state index >= 15 is 0 Å². The molecule has 0 saturated heterocycles. The van der Waals surface area contributed by atoms with E-state index in [9.17, 15) is 18.5 Å². The Morgan fingerprint density at radius 1 is 0.968 bits per heavy atom. The van der Waals surface area contributed by atoms with Gasteiger partial charge in [-0.25, -0.2) is 8.42 Å². The zero-order valence-electron chi connectivity index (χ0n) is 16.1. The van der Waals surface area contributed by atoms with Crippen LogP contribution in [-0.4, -0.2) is 26.6 Å². The molecule has 0 N–H and O–H groups in total. The highest BCUT2D eigenvalue weighted by Gasteiger charge is 2.27. The predicted molar refractivity (Wildman–Crippen MR) is 115 cm³/mol. The predicted octanol–water partition coefficient (Wildman–Crippen LogP) is 4.41. The lowest BCUT2D eigenvalue weighted by molar-refractivity contribution is -0.384. The van der Waals surface area contributed by atoms with Crippen molar-refractivity contribution in [2.75, 3.05) is 17.5 Å². The third-order valence-electron chi connectivity index (χ3n) is 4.67. The molecule has 4 rings (SSSR count). The summed E-state index contributed by atoms with van der Waals surface area (Å²) in [5.41, 5.74) is 0.861. The Morgan fingerprint density at radius 2 is 1.68 bits per heavy atom. The summed E-state index contributed by atoms with van der Waals surface area (Å²) in [6, 6.07) is 16.6. The van der Waals surface area contributed by atoms with E-state index in [4.69, 9.17) is 21.1 Å². The molecule has 1 aliphatic rings. The highest BCUT2D eigenvalue weighted by Crippen LogP contribution is 2.35. The second-order valence-electron chi connectivity index (χ2n) is 6.72. The molecule has 0 fully saturated rings. The van der Waals surface area contributed by atoms with Crippen molar-refractivity contribution < 1.29 is 22.8 Å². The fraction of sp³-hybridized carbons (Fsp3) is 0.143. The van der Waals surface area contributed by atoms with E-state index in [1.165, 1.54) is 40.7 Å². The van der Waals surface area contributed by atoms with Crippen LogP contribution in [0.3, 0.4) is 0 Å². The first-order valence-corrected chi connectivity index (χ1v) is 11.1. The van der Waals surface area contributed by atoms with Gasteiger partial charge in [-0.05, 0) is 35.9 Å². The van der Waals surface area contributed by atoms with Gasteiger partial charge in [-0.2, -0.15) is 0 Å². The number of hydrogen-bond acceptors (Lipinski definition) is 6. The SMILES string of the molecule is O=[N+]([O-])c1ccc(CN(c2cccc(Cl)c2)S(=O)(=O)c2ccc3c(c2)OCCO3)cc1. The number of halogens is 1. The van der Waals surface area contributed by atoms with Gasteiger partial charge in [0.25, 0.3) is 15.7 Å². The third-order valence-corrected chi connectivity index (χ3v) is 6.68.